The Kier molecular flexibility index (Phi) is 3.94. The van der Waals surface area contributed by atoms with Crippen LogP contribution in [-0.4, -0.2) is 27.1 Å². The highest BCUT2D eigenvalue weighted by atomic mass is 16.5. The zero-order valence-electron chi connectivity index (χ0n) is 14.5. The van der Waals surface area contributed by atoms with E-state index >= 15 is 0 Å². The average molecular weight is 357 g/mol. The van der Waals surface area contributed by atoms with Crippen molar-refractivity contribution in [3.05, 3.63) is 59.7 Å². The maximum atomic E-state index is 12.5. The number of nitrogens with zero attached hydrogens (tertiary/aromatic N) is 4. The van der Waals surface area contributed by atoms with Crippen molar-refractivity contribution in [2.75, 3.05) is 12.3 Å². The van der Waals surface area contributed by atoms with Crippen LogP contribution in [0.15, 0.2) is 48.5 Å². The number of para-hydroxylation sites is 2. The summed E-state index contributed by atoms with van der Waals surface area (Å²) >= 11 is 0. The first-order valence-corrected chi connectivity index (χ1v) is 8.38. The van der Waals surface area contributed by atoms with Crippen molar-refractivity contribution in [2.24, 2.45) is 0 Å². The van der Waals surface area contributed by atoms with Crippen LogP contribution >= 0.6 is 0 Å². The SMILES string of the molecule is CCOC(=O)c1c(N)n(-c2cccc(C#N)c2)c2nc3ccccc3nc12. The lowest BCUT2D eigenvalue weighted by molar-refractivity contribution is 0.0529. The van der Waals surface area contributed by atoms with Gasteiger partial charge in [0.15, 0.2) is 5.65 Å². The van der Waals surface area contributed by atoms with Crippen LogP contribution in [-0.2, 0) is 4.74 Å². The lowest BCUT2D eigenvalue weighted by Gasteiger charge is -2.08. The molecular weight excluding hydrogens is 342 g/mol. The van der Waals surface area contributed by atoms with Crippen molar-refractivity contribution >= 4 is 34.0 Å². The molecule has 0 fully saturated rings. The number of hydrogen-bond acceptors (Lipinski definition) is 6. The highest BCUT2D eigenvalue weighted by molar-refractivity contribution is 6.09. The fraction of sp³-hybridized carbons (Fsp3) is 0.100. The molecule has 0 aliphatic heterocycles. The first-order valence-electron chi connectivity index (χ1n) is 8.38. The first-order chi connectivity index (χ1) is 13.1. The highest BCUT2D eigenvalue weighted by Gasteiger charge is 2.25. The molecule has 2 aromatic heterocycles. The Hall–Kier alpha value is -3.92. The van der Waals surface area contributed by atoms with Gasteiger partial charge in [-0.25, -0.2) is 14.8 Å². The first kappa shape index (κ1) is 16.5. The number of hydrogen-bond donors (Lipinski definition) is 1. The number of nitrogen functional groups attached to an aromatic ring is 1. The van der Waals surface area contributed by atoms with Gasteiger partial charge in [0, 0.05) is 0 Å². The van der Waals surface area contributed by atoms with Gasteiger partial charge in [-0.15, -0.1) is 0 Å². The van der Waals surface area contributed by atoms with E-state index in [0.29, 0.717) is 33.4 Å². The van der Waals surface area contributed by atoms with Crippen LogP contribution in [0.5, 0.6) is 0 Å². The quantitative estimate of drug-likeness (QED) is 0.564. The number of rotatable bonds is 3. The minimum atomic E-state index is -0.556. The maximum Gasteiger partial charge on any atom is 0.344 e. The van der Waals surface area contributed by atoms with E-state index in [1.165, 1.54) is 0 Å². The number of anilines is 1. The van der Waals surface area contributed by atoms with Gasteiger partial charge in [-0.05, 0) is 37.3 Å². The van der Waals surface area contributed by atoms with Gasteiger partial charge in [0.2, 0.25) is 0 Å². The van der Waals surface area contributed by atoms with Gasteiger partial charge in [-0.1, -0.05) is 18.2 Å². The van der Waals surface area contributed by atoms with Crippen LogP contribution in [0.4, 0.5) is 5.82 Å². The Morgan fingerprint density at radius 2 is 1.93 bits per heavy atom. The monoisotopic (exact) mass is 357 g/mol. The molecule has 0 aliphatic rings. The average Bonchev–Trinajstić information content (AvgIpc) is 2.97. The second-order valence-corrected chi connectivity index (χ2v) is 5.86. The Morgan fingerprint density at radius 3 is 2.63 bits per heavy atom. The lowest BCUT2D eigenvalue weighted by Crippen LogP contribution is -2.09. The van der Waals surface area contributed by atoms with Crippen molar-refractivity contribution in [3.8, 4) is 11.8 Å². The summed E-state index contributed by atoms with van der Waals surface area (Å²) in [7, 11) is 0. The van der Waals surface area contributed by atoms with Crippen LogP contribution < -0.4 is 5.73 Å². The van der Waals surface area contributed by atoms with Gasteiger partial charge < -0.3 is 10.5 Å². The molecule has 0 saturated carbocycles. The third kappa shape index (κ3) is 2.64. The molecular formula is C20H15N5O2. The zero-order chi connectivity index (χ0) is 19.0. The number of fused-ring (bicyclic) bond motifs is 2. The molecule has 4 aromatic rings. The van der Waals surface area contributed by atoms with Crippen molar-refractivity contribution < 1.29 is 9.53 Å². The molecule has 2 heterocycles. The molecule has 0 aliphatic carbocycles. The van der Waals surface area contributed by atoms with Crippen LogP contribution in [0.25, 0.3) is 27.9 Å². The smallest absolute Gasteiger partial charge is 0.344 e. The molecule has 0 unspecified atom stereocenters. The highest BCUT2D eigenvalue weighted by Crippen LogP contribution is 2.31. The second kappa shape index (κ2) is 6.42. The molecule has 0 saturated heterocycles. The van der Waals surface area contributed by atoms with Crippen molar-refractivity contribution in [3.63, 3.8) is 0 Å². The molecule has 132 valence electrons. The zero-order valence-corrected chi connectivity index (χ0v) is 14.5. The Morgan fingerprint density at radius 1 is 1.19 bits per heavy atom. The topological polar surface area (TPSA) is 107 Å². The molecule has 0 bridgehead atoms. The van der Waals surface area contributed by atoms with Gasteiger partial charge in [-0.3, -0.25) is 4.57 Å². The molecule has 7 nitrogen and oxygen atoms in total. The molecule has 0 radical (unpaired) electrons. The fourth-order valence-corrected chi connectivity index (χ4v) is 3.04. The van der Waals surface area contributed by atoms with E-state index in [1.807, 2.05) is 24.3 Å². The van der Waals surface area contributed by atoms with Gasteiger partial charge in [-0.2, -0.15) is 5.26 Å². The fourth-order valence-electron chi connectivity index (χ4n) is 3.04. The van der Waals surface area contributed by atoms with Crippen LogP contribution in [0, 0.1) is 11.3 Å². The Balaban J connectivity index is 2.11. The van der Waals surface area contributed by atoms with E-state index in [4.69, 9.17) is 10.5 Å². The van der Waals surface area contributed by atoms with Crippen LogP contribution in [0.3, 0.4) is 0 Å². The number of nitrogens with two attached hydrogens (primary N) is 1. The number of aromatic nitrogens is 3. The molecule has 2 aromatic carbocycles. The minimum Gasteiger partial charge on any atom is -0.462 e. The minimum absolute atomic E-state index is 0.174. The van der Waals surface area contributed by atoms with Gasteiger partial charge >= 0.3 is 5.97 Å². The van der Waals surface area contributed by atoms with Crippen LogP contribution in [0.1, 0.15) is 22.8 Å². The lowest BCUT2D eigenvalue weighted by atomic mass is 10.2. The largest absolute Gasteiger partial charge is 0.462 e. The van der Waals surface area contributed by atoms with E-state index in [-0.39, 0.29) is 18.0 Å². The molecule has 0 amide bonds. The van der Waals surface area contributed by atoms with Gasteiger partial charge in [0.1, 0.15) is 16.9 Å². The third-order valence-electron chi connectivity index (χ3n) is 4.21. The molecule has 7 heteroatoms. The van der Waals surface area contributed by atoms with Crippen molar-refractivity contribution in [1.29, 1.82) is 5.26 Å². The molecule has 0 spiro atoms. The predicted molar refractivity (Wildman–Crippen MR) is 101 cm³/mol. The summed E-state index contributed by atoms with van der Waals surface area (Å²) in [4.78, 5) is 21.8. The standard InChI is InChI=1S/C20H15N5O2/c1-2-27-20(26)16-17-19(24-15-9-4-3-8-14(15)23-17)25(18(16)22)13-7-5-6-12(10-13)11-21/h3-10H,2,22H2,1H3. The Bertz CT molecular complexity index is 1240. The summed E-state index contributed by atoms with van der Waals surface area (Å²) in [5.74, 6) is -0.381. The maximum absolute atomic E-state index is 12.5. The Labute approximate surface area is 154 Å². The molecule has 27 heavy (non-hydrogen) atoms. The van der Waals surface area contributed by atoms with E-state index in [2.05, 4.69) is 16.0 Å². The molecule has 2 N–H and O–H groups in total. The van der Waals surface area contributed by atoms with E-state index in [0.717, 1.165) is 0 Å². The number of carbonyl (C=O) groups excluding carboxylic acids is 1. The normalized spacial score (nSPS) is 10.8. The predicted octanol–water partition coefficient (Wildman–Crippen LogP) is 3.20. The summed E-state index contributed by atoms with van der Waals surface area (Å²) in [5.41, 5.74) is 9.73. The van der Waals surface area contributed by atoms with E-state index < -0.39 is 5.97 Å². The summed E-state index contributed by atoms with van der Waals surface area (Å²) in [6, 6.07) is 16.4. The third-order valence-corrected chi connectivity index (χ3v) is 4.21. The molecule has 4 rings (SSSR count). The second-order valence-electron chi connectivity index (χ2n) is 5.86. The summed E-state index contributed by atoms with van der Waals surface area (Å²) < 4.78 is 6.80. The number of carbonyl (C=O) groups is 1. The van der Waals surface area contributed by atoms with Gasteiger partial charge in [0.05, 0.1) is 35.0 Å². The van der Waals surface area contributed by atoms with E-state index in [9.17, 15) is 10.1 Å². The van der Waals surface area contributed by atoms with E-state index in [1.54, 1.807) is 35.8 Å². The van der Waals surface area contributed by atoms with Crippen molar-refractivity contribution in [1.82, 2.24) is 14.5 Å². The number of nitriles is 1. The van der Waals surface area contributed by atoms with Crippen LogP contribution in [0.2, 0.25) is 0 Å². The number of benzene rings is 2. The number of ether oxygens (including phenoxy) is 1. The summed E-state index contributed by atoms with van der Waals surface area (Å²) in [6.45, 7) is 1.95. The van der Waals surface area contributed by atoms with Gasteiger partial charge in [0.25, 0.3) is 0 Å². The molecule has 0 atom stereocenters. The summed E-state index contributed by atoms with van der Waals surface area (Å²) in [5, 5.41) is 9.20. The number of esters is 1. The summed E-state index contributed by atoms with van der Waals surface area (Å²) in [6.07, 6.45) is 0. The van der Waals surface area contributed by atoms with Crippen molar-refractivity contribution in [2.45, 2.75) is 6.92 Å².